The Bertz CT molecular complexity index is 957. The molecular formula is C19H18F2N4OS. The summed E-state index contributed by atoms with van der Waals surface area (Å²) in [5.41, 5.74) is 1.98. The molecule has 3 aromatic rings. The van der Waals surface area contributed by atoms with Crippen LogP contribution >= 0.6 is 11.8 Å². The van der Waals surface area contributed by atoms with Crippen LogP contribution in [0.3, 0.4) is 0 Å². The van der Waals surface area contributed by atoms with Gasteiger partial charge >= 0.3 is 0 Å². The lowest BCUT2D eigenvalue weighted by molar-refractivity contribution is -0.113. The van der Waals surface area contributed by atoms with E-state index in [-0.39, 0.29) is 23.3 Å². The molecule has 0 saturated heterocycles. The fourth-order valence-electron chi connectivity index (χ4n) is 2.58. The normalized spacial score (nSPS) is 10.8. The van der Waals surface area contributed by atoms with Crippen molar-refractivity contribution >= 4 is 23.4 Å². The molecule has 0 unspecified atom stereocenters. The average molecular weight is 388 g/mol. The van der Waals surface area contributed by atoms with Crippen LogP contribution in [0.5, 0.6) is 0 Å². The number of amides is 1. The summed E-state index contributed by atoms with van der Waals surface area (Å²) in [6.07, 6.45) is 0. The summed E-state index contributed by atoms with van der Waals surface area (Å²) in [6, 6.07) is 10.2. The van der Waals surface area contributed by atoms with Crippen molar-refractivity contribution < 1.29 is 13.6 Å². The average Bonchev–Trinajstić information content (AvgIpc) is 3.06. The number of hydrogen-bond acceptors (Lipinski definition) is 4. The second kappa shape index (κ2) is 8.30. The number of aryl methyl sites for hydroxylation is 1. The van der Waals surface area contributed by atoms with Gasteiger partial charge in [-0.25, -0.2) is 8.78 Å². The summed E-state index contributed by atoms with van der Waals surface area (Å²) in [4.78, 5) is 12.2. The third kappa shape index (κ3) is 4.51. The summed E-state index contributed by atoms with van der Waals surface area (Å²) in [6.45, 7) is 4.29. The lowest BCUT2D eigenvalue weighted by atomic mass is 10.2. The first-order valence-corrected chi connectivity index (χ1v) is 9.34. The lowest BCUT2D eigenvalue weighted by Crippen LogP contribution is -2.15. The number of anilines is 1. The van der Waals surface area contributed by atoms with Crippen LogP contribution in [0.15, 0.2) is 47.6 Å². The number of carbonyl (C=O) groups excluding carboxylic acids is 1. The van der Waals surface area contributed by atoms with Gasteiger partial charge in [0.25, 0.3) is 0 Å². The quantitative estimate of drug-likeness (QED) is 0.640. The number of halogens is 2. The Kier molecular flexibility index (Phi) is 5.85. The number of hydrogen-bond donors (Lipinski definition) is 1. The van der Waals surface area contributed by atoms with Crippen LogP contribution in [-0.4, -0.2) is 26.4 Å². The molecule has 1 amide bonds. The minimum atomic E-state index is -0.343. The van der Waals surface area contributed by atoms with E-state index >= 15 is 0 Å². The standard InChI is InChI=1S/C19H18F2N4OS/c1-3-25-18(13-4-6-14(20)7-5-13)23-24-19(25)27-11-17(26)22-16-9-8-15(21)10-12(16)2/h4-10H,3,11H2,1-2H3,(H,22,26). The van der Waals surface area contributed by atoms with Gasteiger partial charge in [0.2, 0.25) is 5.91 Å². The first kappa shape index (κ1) is 19.0. The van der Waals surface area contributed by atoms with Crippen molar-refractivity contribution in [3.05, 3.63) is 59.7 Å². The van der Waals surface area contributed by atoms with Gasteiger partial charge in [0.1, 0.15) is 11.6 Å². The molecule has 0 spiro atoms. The second-order valence-electron chi connectivity index (χ2n) is 5.85. The van der Waals surface area contributed by atoms with E-state index in [1.165, 1.54) is 42.1 Å². The Morgan fingerprint density at radius 1 is 1.11 bits per heavy atom. The Morgan fingerprint density at radius 2 is 1.81 bits per heavy atom. The lowest BCUT2D eigenvalue weighted by Gasteiger charge is -2.09. The molecule has 0 fully saturated rings. The minimum absolute atomic E-state index is 0.137. The van der Waals surface area contributed by atoms with Crippen LogP contribution in [0, 0.1) is 18.6 Å². The highest BCUT2D eigenvalue weighted by molar-refractivity contribution is 7.99. The van der Waals surface area contributed by atoms with Gasteiger partial charge in [-0.05, 0) is 61.9 Å². The van der Waals surface area contributed by atoms with Gasteiger partial charge in [-0.3, -0.25) is 4.79 Å². The number of rotatable bonds is 6. The molecule has 0 saturated carbocycles. The molecule has 0 radical (unpaired) electrons. The largest absolute Gasteiger partial charge is 0.325 e. The Balaban J connectivity index is 1.69. The molecule has 27 heavy (non-hydrogen) atoms. The number of thioether (sulfide) groups is 1. The summed E-state index contributed by atoms with van der Waals surface area (Å²) in [5.74, 6) is -0.121. The van der Waals surface area contributed by atoms with E-state index in [9.17, 15) is 13.6 Å². The highest BCUT2D eigenvalue weighted by atomic mass is 32.2. The predicted molar refractivity (Wildman–Crippen MR) is 102 cm³/mol. The van der Waals surface area contributed by atoms with Crippen molar-refractivity contribution in [2.24, 2.45) is 0 Å². The number of aromatic nitrogens is 3. The Hall–Kier alpha value is -2.74. The molecule has 1 N–H and O–H groups in total. The summed E-state index contributed by atoms with van der Waals surface area (Å²) in [7, 11) is 0. The van der Waals surface area contributed by atoms with E-state index in [1.54, 1.807) is 19.1 Å². The summed E-state index contributed by atoms with van der Waals surface area (Å²) < 4.78 is 28.1. The predicted octanol–water partition coefficient (Wildman–Crippen LogP) is 4.28. The molecule has 5 nitrogen and oxygen atoms in total. The molecule has 0 aliphatic carbocycles. The maximum Gasteiger partial charge on any atom is 0.234 e. The van der Waals surface area contributed by atoms with Crippen LogP contribution in [0.25, 0.3) is 11.4 Å². The zero-order valence-corrected chi connectivity index (χ0v) is 15.7. The highest BCUT2D eigenvalue weighted by Crippen LogP contribution is 2.24. The number of carbonyl (C=O) groups is 1. The minimum Gasteiger partial charge on any atom is -0.325 e. The fraction of sp³-hybridized carbons (Fsp3) is 0.211. The van der Waals surface area contributed by atoms with Gasteiger partial charge in [0, 0.05) is 17.8 Å². The van der Waals surface area contributed by atoms with Crippen LogP contribution < -0.4 is 5.32 Å². The van der Waals surface area contributed by atoms with E-state index in [4.69, 9.17) is 0 Å². The van der Waals surface area contributed by atoms with Gasteiger partial charge in [-0.1, -0.05) is 11.8 Å². The molecule has 140 valence electrons. The zero-order valence-electron chi connectivity index (χ0n) is 14.9. The molecule has 2 aromatic carbocycles. The van der Waals surface area contributed by atoms with E-state index in [2.05, 4.69) is 15.5 Å². The third-order valence-corrected chi connectivity index (χ3v) is 4.90. The molecule has 0 atom stereocenters. The van der Waals surface area contributed by atoms with Gasteiger partial charge in [0.15, 0.2) is 11.0 Å². The van der Waals surface area contributed by atoms with Gasteiger partial charge in [-0.2, -0.15) is 0 Å². The van der Waals surface area contributed by atoms with Crippen LogP contribution in [0.1, 0.15) is 12.5 Å². The topological polar surface area (TPSA) is 59.8 Å². The smallest absolute Gasteiger partial charge is 0.234 e. The molecule has 3 rings (SSSR count). The first-order valence-electron chi connectivity index (χ1n) is 8.36. The van der Waals surface area contributed by atoms with Crippen LogP contribution in [-0.2, 0) is 11.3 Å². The molecule has 0 aliphatic heterocycles. The maximum atomic E-state index is 13.1. The SMILES string of the molecule is CCn1c(SCC(=O)Nc2ccc(F)cc2C)nnc1-c1ccc(F)cc1. The number of benzene rings is 2. The number of nitrogens with one attached hydrogen (secondary N) is 1. The fourth-order valence-corrected chi connectivity index (χ4v) is 3.38. The molecule has 0 bridgehead atoms. The van der Waals surface area contributed by atoms with Crippen molar-refractivity contribution in [1.82, 2.24) is 14.8 Å². The molecule has 1 aromatic heterocycles. The summed E-state index contributed by atoms with van der Waals surface area (Å²) >= 11 is 1.26. The van der Waals surface area contributed by atoms with Gasteiger partial charge in [0.05, 0.1) is 5.75 Å². The third-order valence-electron chi connectivity index (χ3n) is 3.93. The molecule has 0 aliphatic rings. The van der Waals surface area contributed by atoms with E-state index in [1.807, 2.05) is 11.5 Å². The van der Waals surface area contributed by atoms with Crippen molar-refractivity contribution in [3.8, 4) is 11.4 Å². The maximum absolute atomic E-state index is 13.1. The Morgan fingerprint density at radius 3 is 2.48 bits per heavy atom. The van der Waals surface area contributed by atoms with Crippen LogP contribution in [0.2, 0.25) is 0 Å². The van der Waals surface area contributed by atoms with Gasteiger partial charge in [-0.15, -0.1) is 10.2 Å². The van der Waals surface area contributed by atoms with Crippen molar-refractivity contribution in [3.63, 3.8) is 0 Å². The van der Waals surface area contributed by atoms with E-state index < -0.39 is 0 Å². The van der Waals surface area contributed by atoms with Crippen molar-refractivity contribution in [1.29, 1.82) is 0 Å². The summed E-state index contributed by atoms with van der Waals surface area (Å²) in [5, 5.41) is 11.7. The zero-order chi connectivity index (χ0) is 19.4. The van der Waals surface area contributed by atoms with E-state index in [0.717, 1.165) is 5.56 Å². The van der Waals surface area contributed by atoms with Crippen LogP contribution in [0.4, 0.5) is 14.5 Å². The van der Waals surface area contributed by atoms with Crippen molar-refractivity contribution in [2.45, 2.75) is 25.5 Å². The molecular weight excluding hydrogens is 370 g/mol. The van der Waals surface area contributed by atoms with E-state index in [0.29, 0.717) is 28.8 Å². The monoisotopic (exact) mass is 388 g/mol. The first-order chi connectivity index (χ1) is 13.0. The second-order valence-corrected chi connectivity index (χ2v) is 6.80. The van der Waals surface area contributed by atoms with Crippen molar-refractivity contribution in [2.75, 3.05) is 11.1 Å². The molecule has 1 heterocycles. The Labute approximate surface area is 159 Å². The van der Waals surface area contributed by atoms with Gasteiger partial charge < -0.3 is 9.88 Å². The number of nitrogens with zero attached hydrogens (tertiary/aromatic N) is 3. The molecule has 8 heteroatoms. The highest BCUT2D eigenvalue weighted by Gasteiger charge is 2.15.